The SMILES string of the molecule is CC(N)C(=O)NCC1(N2CCOC(C)(C)C2)CCCCC1. The average Bonchev–Trinajstić information content (AvgIpc) is 2.44. The second-order valence-corrected chi connectivity index (χ2v) is 7.32. The molecule has 1 saturated carbocycles. The van der Waals surface area contributed by atoms with Crippen LogP contribution in [0.1, 0.15) is 52.9 Å². The molecule has 5 heteroatoms. The van der Waals surface area contributed by atoms with E-state index in [1.807, 2.05) is 0 Å². The van der Waals surface area contributed by atoms with Gasteiger partial charge in [0.15, 0.2) is 0 Å². The van der Waals surface area contributed by atoms with Gasteiger partial charge in [-0.15, -0.1) is 0 Å². The van der Waals surface area contributed by atoms with Gasteiger partial charge in [0.25, 0.3) is 0 Å². The van der Waals surface area contributed by atoms with Crippen LogP contribution in [-0.2, 0) is 9.53 Å². The Bertz CT molecular complexity index is 363. The highest BCUT2D eigenvalue weighted by molar-refractivity contribution is 5.81. The largest absolute Gasteiger partial charge is 0.373 e. The summed E-state index contributed by atoms with van der Waals surface area (Å²) in [5.41, 5.74) is 5.65. The van der Waals surface area contributed by atoms with Gasteiger partial charge in [-0.1, -0.05) is 19.3 Å². The fourth-order valence-corrected chi connectivity index (χ4v) is 3.65. The minimum atomic E-state index is -0.438. The Kier molecular flexibility index (Phi) is 5.28. The lowest BCUT2D eigenvalue weighted by molar-refractivity contribution is -0.129. The van der Waals surface area contributed by atoms with Crippen molar-refractivity contribution < 1.29 is 9.53 Å². The lowest BCUT2D eigenvalue weighted by atomic mass is 9.79. The Balaban J connectivity index is 2.07. The molecule has 1 atom stereocenters. The number of hydrogen-bond donors (Lipinski definition) is 2. The normalized spacial score (nSPS) is 27.0. The first-order valence-electron chi connectivity index (χ1n) is 8.27. The number of morpholine rings is 1. The maximum Gasteiger partial charge on any atom is 0.236 e. The highest BCUT2D eigenvalue weighted by Crippen LogP contribution is 2.35. The van der Waals surface area contributed by atoms with Crippen molar-refractivity contribution in [3.8, 4) is 0 Å². The van der Waals surface area contributed by atoms with E-state index in [1.165, 1.54) is 19.3 Å². The van der Waals surface area contributed by atoms with Crippen molar-refractivity contribution in [3.63, 3.8) is 0 Å². The lowest BCUT2D eigenvalue weighted by Crippen LogP contribution is -2.63. The van der Waals surface area contributed by atoms with Crippen LogP contribution in [0, 0.1) is 0 Å². The van der Waals surface area contributed by atoms with Gasteiger partial charge in [0.2, 0.25) is 5.91 Å². The second-order valence-electron chi connectivity index (χ2n) is 7.32. The molecule has 1 amide bonds. The molecule has 0 bridgehead atoms. The molecule has 0 aromatic carbocycles. The van der Waals surface area contributed by atoms with E-state index >= 15 is 0 Å². The predicted octanol–water partition coefficient (Wildman–Crippen LogP) is 1.26. The van der Waals surface area contributed by atoms with Gasteiger partial charge in [0.1, 0.15) is 0 Å². The van der Waals surface area contributed by atoms with E-state index < -0.39 is 6.04 Å². The summed E-state index contributed by atoms with van der Waals surface area (Å²) in [7, 11) is 0. The maximum atomic E-state index is 11.9. The van der Waals surface area contributed by atoms with Gasteiger partial charge in [0.05, 0.1) is 18.2 Å². The summed E-state index contributed by atoms with van der Waals surface area (Å²) < 4.78 is 5.85. The quantitative estimate of drug-likeness (QED) is 0.820. The second kappa shape index (κ2) is 6.63. The van der Waals surface area contributed by atoms with E-state index in [0.29, 0.717) is 6.54 Å². The van der Waals surface area contributed by atoms with Crippen molar-refractivity contribution >= 4 is 5.91 Å². The first-order chi connectivity index (χ1) is 9.85. The third-order valence-electron chi connectivity index (χ3n) is 4.89. The van der Waals surface area contributed by atoms with Crippen LogP contribution in [0.25, 0.3) is 0 Å². The van der Waals surface area contributed by atoms with Gasteiger partial charge >= 0.3 is 0 Å². The predicted molar refractivity (Wildman–Crippen MR) is 84.1 cm³/mol. The summed E-state index contributed by atoms with van der Waals surface area (Å²) in [5.74, 6) is -0.0486. The molecule has 2 rings (SSSR count). The van der Waals surface area contributed by atoms with Crippen LogP contribution in [0.15, 0.2) is 0 Å². The van der Waals surface area contributed by atoms with Gasteiger partial charge in [-0.05, 0) is 33.6 Å². The lowest BCUT2D eigenvalue weighted by Gasteiger charge is -2.51. The Labute approximate surface area is 128 Å². The molecule has 2 fully saturated rings. The summed E-state index contributed by atoms with van der Waals surface area (Å²) in [4.78, 5) is 14.4. The number of carbonyl (C=O) groups excluding carboxylic acids is 1. The van der Waals surface area contributed by atoms with Crippen LogP contribution in [0.4, 0.5) is 0 Å². The summed E-state index contributed by atoms with van der Waals surface area (Å²) in [6, 6.07) is -0.438. The Hall–Kier alpha value is -0.650. The maximum absolute atomic E-state index is 11.9. The molecule has 1 aliphatic heterocycles. The molecular formula is C16H31N3O2. The topological polar surface area (TPSA) is 67.6 Å². The molecule has 1 saturated heterocycles. The monoisotopic (exact) mass is 297 g/mol. The molecule has 122 valence electrons. The van der Waals surface area contributed by atoms with Crippen LogP contribution < -0.4 is 11.1 Å². The Morgan fingerprint density at radius 1 is 1.33 bits per heavy atom. The number of hydrogen-bond acceptors (Lipinski definition) is 4. The van der Waals surface area contributed by atoms with Crippen molar-refractivity contribution in [3.05, 3.63) is 0 Å². The molecular weight excluding hydrogens is 266 g/mol. The zero-order valence-corrected chi connectivity index (χ0v) is 13.8. The van der Waals surface area contributed by atoms with Crippen molar-refractivity contribution in [1.29, 1.82) is 0 Å². The minimum Gasteiger partial charge on any atom is -0.373 e. The summed E-state index contributed by atoms with van der Waals surface area (Å²) in [6.45, 7) is 9.41. The van der Waals surface area contributed by atoms with Gasteiger partial charge in [-0.25, -0.2) is 0 Å². The molecule has 0 aromatic rings. The van der Waals surface area contributed by atoms with Crippen LogP contribution in [-0.4, -0.2) is 54.2 Å². The fourth-order valence-electron chi connectivity index (χ4n) is 3.65. The summed E-state index contributed by atoms with van der Waals surface area (Å²) in [5, 5.41) is 3.07. The molecule has 1 unspecified atom stereocenters. The summed E-state index contributed by atoms with van der Waals surface area (Å²) in [6.07, 6.45) is 6.10. The first kappa shape index (κ1) is 16.7. The molecule has 0 radical (unpaired) electrons. The van der Waals surface area contributed by atoms with Gasteiger partial charge in [0, 0.05) is 25.2 Å². The third kappa shape index (κ3) is 4.18. The van der Waals surface area contributed by atoms with Crippen LogP contribution in [0.2, 0.25) is 0 Å². The fraction of sp³-hybridized carbons (Fsp3) is 0.938. The van der Waals surface area contributed by atoms with Crippen LogP contribution in [0.5, 0.6) is 0 Å². The molecule has 0 aromatic heterocycles. The van der Waals surface area contributed by atoms with Crippen LogP contribution >= 0.6 is 0 Å². The van der Waals surface area contributed by atoms with Gasteiger partial charge < -0.3 is 15.8 Å². The van der Waals surface area contributed by atoms with Crippen LogP contribution in [0.3, 0.4) is 0 Å². The van der Waals surface area contributed by atoms with Crippen molar-refractivity contribution in [2.75, 3.05) is 26.2 Å². The highest BCUT2D eigenvalue weighted by Gasteiger charge is 2.42. The molecule has 3 N–H and O–H groups in total. The van der Waals surface area contributed by atoms with E-state index in [4.69, 9.17) is 10.5 Å². The number of amides is 1. The molecule has 1 aliphatic carbocycles. The third-order valence-corrected chi connectivity index (χ3v) is 4.89. The molecule has 21 heavy (non-hydrogen) atoms. The molecule has 2 aliphatic rings. The minimum absolute atomic E-state index is 0.0486. The number of ether oxygens (including phenoxy) is 1. The standard InChI is InChI=1S/C16H31N3O2/c1-13(17)14(20)18-11-16(7-5-4-6-8-16)19-9-10-21-15(2,3)12-19/h13H,4-12,17H2,1-3H3,(H,18,20). The Morgan fingerprint density at radius 2 is 2.00 bits per heavy atom. The van der Waals surface area contributed by atoms with Crippen molar-refractivity contribution in [2.45, 2.75) is 70.1 Å². The smallest absolute Gasteiger partial charge is 0.236 e. The van der Waals surface area contributed by atoms with E-state index in [9.17, 15) is 4.79 Å². The summed E-state index contributed by atoms with van der Waals surface area (Å²) >= 11 is 0. The number of carbonyl (C=O) groups is 1. The van der Waals surface area contributed by atoms with Crippen molar-refractivity contribution in [2.24, 2.45) is 5.73 Å². The number of rotatable bonds is 4. The molecule has 0 spiro atoms. The number of nitrogens with two attached hydrogens (primary N) is 1. The Morgan fingerprint density at radius 3 is 2.57 bits per heavy atom. The van der Waals surface area contributed by atoms with Gasteiger partial charge in [-0.2, -0.15) is 0 Å². The first-order valence-corrected chi connectivity index (χ1v) is 8.27. The van der Waals surface area contributed by atoms with Gasteiger partial charge in [-0.3, -0.25) is 9.69 Å². The van der Waals surface area contributed by atoms with E-state index in [2.05, 4.69) is 24.1 Å². The molecule has 1 heterocycles. The number of nitrogens with zero attached hydrogens (tertiary/aromatic N) is 1. The zero-order valence-electron chi connectivity index (χ0n) is 13.8. The van der Waals surface area contributed by atoms with E-state index in [0.717, 1.165) is 32.5 Å². The number of nitrogens with one attached hydrogen (secondary N) is 1. The zero-order chi connectivity index (χ0) is 15.5. The highest BCUT2D eigenvalue weighted by atomic mass is 16.5. The van der Waals surface area contributed by atoms with E-state index in [1.54, 1.807) is 6.92 Å². The van der Waals surface area contributed by atoms with E-state index in [-0.39, 0.29) is 17.0 Å². The average molecular weight is 297 g/mol. The molecule has 5 nitrogen and oxygen atoms in total. The van der Waals surface area contributed by atoms with Crippen molar-refractivity contribution in [1.82, 2.24) is 10.2 Å².